The molecule has 4 nitrogen and oxygen atoms in total. The maximum absolute atomic E-state index is 14.2. The van der Waals surface area contributed by atoms with E-state index in [9.17, 15) is 87.8 Å². The van der Waals surface area contributed by atoms with E-state index in [1.807, 2.05) is 0 Å². The predicted molar refractivity (Wildman–Crippen MR) is 99.5 cm³/mol. The van der Waals surface area contributed by atoms with Crippen LogP contribution >= 0.6 is 10.3 Å². The van der Waals surface area contributed by atoms with Crippen LogP contribution in [-0.4, -0.2) is 78.4 Å². The van der Waals surface area contributed by atoms with E-state index in [0.717, 1.165) is 20.8 Å². The zero-order chi connectivity index (χ0) is 32.1. The maximum Gasteiger partial charge on any atom is 0.460 e. The summed E-state index contributed by atoms with van der Waals surface area (Å²) in [5, 5.41) is -7.76. The lowest BCUT2D eigenvalue weighted by Gasteiger charge is -2.43. The van der Waals surface area contributed by atoms with Crippen LogP contribution in [0.5, 0.6) is 0 Å². The quantitative estimate of drug-likeness (QED) is 0.188. The van der Waals surface area contributed by atoms with Gasteiger partial charge in [-0.05, 0) is 11.5 Å². The van der Waals surface area contributed by atoms with Gasteiger partial charge in [0, 0.05) is 6.42 Å². The van der Waals surface area contributed by atoms with Gasteiger partial charge in [-0.3, -0.25) is 4.79 Å². The molecule has 0 aromatic carbocycles. The summed E-state index contributed by atoms with van der Waals surface area (Å²) < 4.78 is 255. The summed E-state index contributed by atoms with van der Waals surface area (Å²) in [6.45, 7) is 2.93. The first kappa shape index (κ1) is 37.7. The highest BCUT2D eigenvalue weighted by Gasteiger charge is 2.96. The SMILES string of the molecule is CCC(=O)CS(CC)(CC)OS(=O)(=O)C(F)(F)C(F)(F)C(F)(F)C(F)(F)C(F)(F)C(F)(F)C(F)(F)C(F)(F)F. The van der Waals surface area contributed by atoms with E-state index in [2.05, 4.69) is 3.63 Å². The van der Waals surface area contributed by atoms with Crippen molar-refractivity contribution < 1.29 is 91.5 Å². The number of ketones is 1. The van der Waals surface area contributed by atoms with Gasteiger partial charge in [-0.2, -0.15) is 83.1 Å². The van der Waals surface area contributed by atoms with Gasteiger partial charge >= 0.3 is 57.1 Å². The molecule has 0 saturated heterocycles. The van der Waals surface area contributed by atoms with Gasteiger partial charge in [0.05, 0.1) is 5.75 Å². The zero-order valence-electron chi connectivity index (χ0n) is 19.2. The summed E-state index contributed by atoms with van der Waals surface area (Å²) in [5.74, 6) is -55.7. The lowest BCUT2D eigenvalue weighted by Crippen LogP contribution is -2.75. The number of hydrogen-bond donors (Lipinski definition) is 0. The Morgan fingerprint density at radius 3 is 1.15 bits per heavy atom. The lowest BCUT2D eigenvalue weighted by molar-refractivity contribution is -0.458. The molecule has 0 aliphatic rings. The molecule has 236 valence electrons. The third-order valence-electron chi connectivity index (χ3n) is 5.11. The molecule has 0 amide bonds. The molecule has 39 heavy (non-hydrogen) atoms. The van der Waals surface area contributed by atoms with Gasteiger partial charge in [-0.25, -0.2) is 3.63 Å². The van der Waals surface area contributed by atoms with Gasteiger partial charge in [0.1, 0.15) is 5.78 Å². The van der Waals surface area contributed by atoms with E-state index in [1.165, 1.54) is 0 Å². The van der Waals surface area contributed by atoms with Crippen LogP contribution in [0, 0.1) is 0 Å². The molecule has 0 fully saturated rings. The van der Waals surface area contributed by atoms with E-state index < -0.39 is 96.9 Å². The molecule has 0 aliphatic heterocycles. The Labute approximate surface area is 209 Å². The minimum atomic E-state index is -8.92. The summed E-state index contributed by atoms with van der Waals surface area (Å²) in [6, 6.07) is 0. The molecule has 0 unspecified atom stereocenters. The van der Waals surface area contributed by atoms with Crippen molar-refractivity contribution in [3.05, 3.63) is 0 Å². The summed E-state index contributed by atoms with van der Waals surface area (Å²) in [5.41, 5.74) is 0. The first-order chi connectivity index (χ1) is 16.8. The second-order valence-electron chi connectivity index (χ2n) is 7.56. The number of halogens is 17. The third-order valence-corrected chi connectivity index (χ3v) is 10.8. The van der Waals surface area contributed by atoms with Gasteiger partial charge in [-0.1, -0.05) is 20.8 Å². The molecule has 0 radical (unpaired) electrons. The summed E-state index contributed by atoms with van der Waals surface area (Å²) in [6.07, 6.45) is -8.36. The van der Waals surface area contributed by atoms with E-state index >= 15 is 0 Å². The molecule has 0 heterocycles. The minimum absolute atomic E-state index is 0.457. The van der Waals surface area contributed by atoms with Crippen LogP contribution in [0.3, 0.4) is 0 Å². The summed E-state index contributed by atoms with van der Waals surface area (Å²) in [7, 11) is -11.5. The Bertz CT molecular complexity index is 1000. The van der Waals surface area contributed by atoms with E-state index in [4.69, 9.17) is 0 Å². The molecular weight excluding hydrogens is 643 g/mol. The van der Waals surface area contributed by atoms with Crippen LogP contribution in [0.4, 0.5) is 74.6 Å². The molecule has 0 atom stereocenters. The molecule has 0 spiro atoms. The predicted octanol–water partition coefficient (Wildman–Crippen LogP) is 7.04. The molecule has 0 saturated carbocycles. The standard InChI is InChI=1S/C16H17F17O4S2/c1-4-8(34)7-38(5-2,6-3)37-39(35,36)16(32,33)14(27,28)12(23,24)10(19,20)9(17,18)11(21,22)13(25,26)15(29,30)31/h4-7H2,1-3H3. The Morgan fingerprint density at radius 1 is 0.564 bits per heavy atom. The van der Waals surface area contributed by atoms with E-state index in [1.54, 1.807) is 0 Å². The largest absolute Gasteiger partial charge is 0.460 e. The van der Waals surface area contributed by atoms with Crippen molar-refractivity contribution in [2.24, 2.45) is 0 Å². The molecule has 0 rings (SSSR count). The molecule has 0 aliphatic carbocycles. The summed E-state index contributed by atoms with van der Waals surface area (Å²) >= 11 is 0. The van der Waals surface area contributed by atoms with Gasteiger partial charge in [0.2, 0.25) is 0 Å². The highest BCUT2D eigenvalue weighted by Crippen LogP contribution is 2.65. The average molecular weight is 660 g/mol. The Morgan fingerprint density at radius 2 is 0.872 bits per heavy atom. The molecule has 0 aromatic heterocycles. The number of rotatable bonds is 14. The van der Waals surface area contributed by atoms with Crippen LogP contribution in [-0.2, 0) is 18.5 Å². The van der Waals surface area contributed by atoms with Crippen molar-refractivity contribution in [3.8, 4) is 0 Å². The van der Waals surface area contributed by atoms with Gasteiger partial charge in [-0.15, -0.1) is 10.3 Å². The second-order valence-corrected chi connectivity index (χ2v) is 12.9. The number of carbonyl (C=O) groups excluding carboxylic acids is 1. The molecule has 0 N–H and O–H groups in total. The lowest BCUT2D eigenvalue weighted by atomic mass is 9.91. The highest BCUT2D eigenvalue weighted by molar-refractivity contribution is 8.33. The fraction of sp³-hybridized carbons (Fsp3) is 0.938. The molecular formula is C16H17F17O4S2. The summed E-state index contributed by atoms with van der Waals surface area (Å²) in [4.78, 5) is 11.6. The monoisotopic (exact) mass is 660 g/mol. The van der Waals surface area contributed by atoms with Crippen molar-refractivity contribution in [2.75, 3.05) is 17.3 Å². The number of alkyl halides is 17. The van der Waals surface area contributed by atoms with Crippen LogP contribution < -0.4 is 0 Å². The minimum Gasteiger partial charge on any atom is -0.299 e. The number of hydrogen-bond acceptors (Lipinski definition) is 4. The number of Topliss-reactive ketones (excluding diaryl/α,β-unsaturated/α-hetero) is 1. The Hall–Kier alpha value is -1.26. The van der Waals surface area contributed by atoms with Crippen LogP contribution in [0.2, 0.25) is 0 Å². The van der Waals surface area contributed by atoms with E-state index in [-0.39, 0.29) is 0 Å². The van der Waals surface area contributed by atoms with Crippen molar-refractivity contribution in [3.63, 3.8) is 0 Å². The van der Waals surface area contributed by atoms with Crippen molar-refractivity contribution >= 4 is 26.2 Å². The van der Waals surface area contributed by atoms with Crippen LogP contribution in [0.1, 0.15) is 27.2 Å². The Balaban J connectivity index is 7.03. The second kappa shape index (κ2) is 10.5. The van der Waals surface area contributed by atoms with E-state index in [0.29, 0.717) is 0 Å². The van der Waals surface area contributed by atoms with Gasteiger partial charge in [0.25, 0.3) is 0 Å². The van der Waals surface area contributed by atoms with Crippen molar-refractivity contribution in [1.29, 1.82) is 0 Å². The van der Waals surface area contributed by atoms with Crippen molar-refractivity contribution in [1.82, 2.24) is 0 Å². The fourth-order valence-corrected chi connectivity index (χ4v) is 7.34. The smallest absolute Gasteiger partial charge is 0.299 e. The number of carbonyl (C=O) groups is 1. The van der Waals surface area contributed by atoms with Gasteiger partial charge < -0.3 is 0 Å². The maximum atomic E-state index is 14.2. The third kappa shape index (κ3) is 5.51. The van der Waals surface area contributed by atoms with Gasteiger partial charge in [0.15, 0.2) is 0 Å². The first-order valence-electron chi connectivity index (χ1n) is 9.73. The molecule has 0 aromatic rings. The normalized spacial score (nSPS) is 16.4. The van der Waals surface area contributed by atoms with Crippen LogP contribution in [0.15, 0.2) is 0 Å². The first-order valence-corrected chi connectivity index (χ1v) is 13.2. The topological polar surface area (TPSA) is 60.4 Å². The fourth-order valence-electron chi connectivity index (χ4n) is 2.46. The van der Waals surface area contributed by atoms with Crippen LogP contribution in [0.25, 0.3) is 0 Å². The average Bonchev–Trinajstić information content (AvgIpc) is 2.76. The van der Waals surface area contributed by atoms with Crippen molar-refractivity contribution in [2.45, 2.75) is 74.2 Å². The highest BCUT2D eigenvalue weighted by atomic mass is 32.3. The molecule has 0 bridgehead atoms. The Kier molecular flexibility index (Phi) is 10.2. The molecule has 23 heteroatoms. The zero-order valence-corrected chi connectivity index (χ0v) is 20.8.